The second-order valence-corrected chi connectivity index (χ2v) is 5.90. The Hall–Kier alpha value is -3.31. The van der Waals surface area contributed by atoms with Crippen LogP contribution < -0.4 is 0 Å². The van der Waals surface area contributed by atoms with E-state index in [1.165, 1.54) is 18.3 Å². The first-order valence-electron chi connectivity index (χ1n) is 7.72. The maximum atomic E-state index is 12.8. The predicted molar refractivity (Wildman–Crippen MR) is 102 cm³/mol. The van der Waals surface area contributed by atoms with E-state index in [1.54, 1.807) is 54.6 Å². The van der Waals surface area contributed by atoms with Crippen LogP contribution in [0.25, 0.3) is 0 Å². The molecule has 0 heterocycles. The van der Waals surface area contributed by atoms with Gasteiger partial charge in [0, 0.05) is 34.5 Å². The number of benzene rings is 3. The minimum absolute atomic E-state index is 0.0226. The molecule has 0 atom stereocenters. The molecule has 6 heteroatoms. The van der Waals surface area contributed by atoms with Crippen molar-refractivity contribution in [2.45, 2.75) is 0 Å². The van der Waals surface area contributed by atoms with Crippen molar-refractivity contribution in [3.8, 4) is 0 Å². The van der Waals surface area contributed by atoms with Gasteiger partial charge in [-0.2, -0.15) is 0 Å². The topological polar surface area (TPSA) is 72.6 Å². The van der Waals surface area contributed by atoms with Crippen LogP contribution in [0.1, 0.15) is 21.5 Å². The third-order valence-electron chi connectivity index (χ3n) is 3.67. The fourth-order valence-corrected chi connectivity index (χ4v) is 2.58. The molecule has 0 spiro atoms. The number of carbonyl (C=O) groups excluding carboxylic acids is 1. The fourth-order valence-electron chi connectivity index (χ4n) is 2.41. The van der Waals surface area contributed by atoms with Crippen molar-refractivity contribution in [1.29, 1.82) is 0 Å². The Morgan fingerprint density at radius 1 is 1.00 bits per heavy atom. The highest BCUT2D eigenvalue weighted by molar-refractivity contribution is 6.31. The van der Waals surface area contributed by atoms with Gasteiger partial charge in [-0.25, -0.2) is 0 Å². The van der Waals surface area contributed by atoms with E-state index in [2.05, 4.69) is 4.99 Å². The monoisotopic (exact) mass is 364 g/mol. The van der Waals surface area contributed by atoms with Gasteiger partial charge in [-0.05, 0) is 23.8 Å². The number of ketones is 1. The number of nitro groups is 1. The van der Waals surface area contributed by atoms with Gasteiger partial charge in [0.25, 0.3) is 5.69 Å². The van der Waals surface area contributed by atoms with Crippen molar-refractivity contribution < 1.29 is 9.72 Å². The van der Waals surface area contributed by atoms with Crippen LogP contribution in [-0.4, -0.2) is 16.9 Å². The molecule has 0 radical (unpaired) electrons. The van der Waals surface area contributed by atoms with Crippen LogP contribution in [0, 0.1) is 10.1 Å². The quantitative estimate of drug-likeness (QED) is 0.269. The minimum Gasteiger partial charge on any atom is -0.289 e. The second kappa shape index (κ2) is 7.72. The predicted octanol–water partition coefficient (Wildman–Crippen LogP) is 5.23. The Labute approximate surface area is 154 Å². The van der Waals surface area contributed by atoms with Crippen molar-refractivity contribution in [3.05, 3.63) is 105 Å². The van der Waals surface area contributed by atoms with Gasteiger partial charge in [0.2, 0.25) is 0 Å². The van der Waals surface area contributed by atoms with E-state index in [0.717, 1.165) is 0 Å². The first-order chi connectivity index (χ1) is 12.5. The van der Waals surface area contributed by atoms with Crippen LogP contribution >= 0.6 is 11.6 Å². The van der Waals surface area contributed by atoms with E-state index in [-0.39, 0.29) is 11.5 Å². The Morgan fingerprint density at radius 3 is 2.50 bits per heavy atom. The molecular formula is C20H13ClN2O3. The highest BCUT2D eigenvalue weighted by Gasteiger charge is 2.14. The van der Waals surface area contributed by atoms with Crippen molar-refractivity contribution in [3.63, 3.8) is 0 Å². The summed E-state index contributed by atoms with van der Waals surface area (Å²) in [7, 11) is 0. The van der Waals surface area contributed by atoms with Crippen LogP contribution in [0.2, 0.25) is 5.02 Å². The van der Waals surface area contributed by atoms with Gasteiger partial charge in [0.15, 0.2) is 5.78 Å². The summed E-state index contributed by atoms with van der Waals surface area (Å²) < 4.78 is 0. The lowest BCUT2D eigenvalue weighted by Crippen LogP contribution is -2.01. The van der Waals surface area contributed by atoms with E-state index in [4.69, 9.17) is 11.6 Å². The highest BCUT2D eigenvalue weighted by Crippen LogP contribution is 2.26. The Balaban J connectivity index is 1.97. The molecule has 0 aliphatic rings. The van der Waals surface area contributed by atoms with Crippen molar-refractivity contribution in [2.24, 2.45) is 4.99 Å². The number of aliphatic imine (C=N–C) groups is 1. The van der Waals surface area contributed by atoms with Crippen LogP contribution in [0.15, 0.2) is 77.8 Å². The lowest BCUT2D eigenvalue weighted by molar-refractivity contribution is -0.384. The zero-order valence-electron chi connectivity index (χ0n) is 13.5. The van der Waals surface area contributed by atoms with Crippen LogP contribution in [-0.2, 0) is 0 Å². The number of nitrogens with zero attached hydrogens (tertiary/aromatic N) is 2. The molecule has 3 rings (SSSR count). The van der Waals surface area contributed by atoms with Gasteiger partial charge in [0.05, 0.1) is 10.6 Å². The summed E-state index contributed by atoms with van der Waals surface area (Å²) in [5, 5.41) is 11.3. The molecule has 128 valence electrons. The Bertz CT molecular complexity index is 1000. The summed E-state index contributed by atoms with van der Waals surface area (Å²) in [5.74, 6) is -0.195. The summed E-state index contributed by atoms with van der Waals surface area (Å²) in [5.41, 5.74) is 1.87. The maximum Gasteiger partial charge on any atom is 0.270 e. The number of halogens is 1. The molecule has 0 saturated heterocycles. The molecule has 0 aliphatic heterocycles. The van der Waals surface area contributed by atoms with Crippen molar-refractivity contribution >= 4 is 35.0 Å². The van der Waals surface area contributed by atoms with E-state index in [1.807, 2.05) is 6.07 Å². The average molecular weight is 365 g/mol. The zero-order valence-corrected chi connectivity index (χ0v) is 14.3. The molecule has 26 heavy (non-hydrogen) atoms. The number of hydrogen-bond acceptors (Lipinski definition) is 4. The number of non-ortho nitro benzene ring substituents is 1. The van der Waals surface area contributed by atoms with Crippen LogP contribution in [0.5, 0.6) is 0 Å². The molecule has 0 unspecified atom stereocenters. The van der Waals surface area contributed by atoms with Gasteiger partial charge < -0.3 is 0 Å². The SMILES string of the molecule is O=C(c1ccccc1)c1cc(Cl)ccc1N=Cc1cccc([N+](=O)[O-])c1. The van der Waals surface area contributed by atoms with Crippen molar-refractivity contribution in [2.75, 3.05) is 0 Å². The molecule has 0 amide bonds. The summed E-state index contributed by atoms with van der Waals surface area (Å²) in [6.45, 7) is 0. The molecule has 0 saturated carbocycles. The number of nitro benzene ring substituents is 1. The smallest absolute Gasteiger partial charge is 0.270 e. The zero-order chi connectivity index (χ0) is 18.5. The molecule has 0 fully saturated rings. The van der Waals surface area contributed by atoms with Gasteiger partial charge in [-0.1, -0.05) is 54.1 Å². The summed E-state index contributed by atoms with van der Waals surface area (Å²) in [6.07, 6.45) is 1.48. The molecule has 0 aliphatic carbocycles. The lowest BCUT2D eigenvalue weighted by atomic mass is 10.0. The third-order valence-corrected chi connectivity index (χ3v) is 3.91. The number of hydrogen-bond donors (Lipinski definition) is 0. The average Bonchev–Trinajstić information content (AvgIpc) is 2.67. The molecule has 3 aromatic rings. The second-order valence-electron chi connectivity index (χ2n) is 5.47. The third kappa shape index (κ3) is 4.02. The largest absolute Gasteiger partial charge is 0.289 e. The van der Waals surface area contributed by atoms with Crippen LogP contribution in [0.4, 0.5) is 11.4 Å². The molecule has 0 aromatic heterocycles. The molecule has 5 nitrogen and oxygen atoms in total. The van der Waals surface area contributed by atoms with Gasteiger partial charge >= 0.3 is 0 Å². The highest BCUT2D eigenvalue weighted by atomic mass is 35.5. The minimum atomic E-state index is -0.468. The first kappa shape index (κ1) is 17.5. The standard InChI is InChI=1S/C20H13ClN2O3/c21-16-9-10-19(18(12-16)20(24)15-6-2-1-3-7-15)22-13-14-5-4-8-17(11-14)23(25)26/h1-13H. The maximum absolute atomic E-state index is 12.8. The molecule has 0 N–H and O–H groups in total. The normalized spacial score (nSPS) is 10.8. The molecule has 0 bridgehead atoms. The summed E-state index contributed by atoms with van der Waals surface area (Å²) >= 11 is 6.04. The number of carbonyl (C=O) groups is 1. The van der Waals surface area contributed by atoms with E-state index >= 15 is 0 Å². The molecule has 3 aromatic carbocycles. The first-order valence-corrected chi connectivity index (χ1v) is 8.10. The van der Waals surface area contributed by atoms with E-state index < -0.39 is 4.92 Å². The molecular weight excluding hydrogens is 352 g/mol. The van der Waals surface area contributed by atoms with Crippen LogP contribution in [0.3, 0.4) is 0 Å². The number of rotatable bonds is 5. The van der Waals surface area contributed by atoms with Gasteiger partial charge in [-0.15, -0.1) is 0 Å². The fraction of sp³-hybridized carbons (Fsp3) is 0. The summed E-state index contributed by atoms with van der Waals surface area (Å²) in [4.78, 5) is 27.5. The lowest BCUT2D eigenvalue weighted by Gasteiger charge is -2.06. The van der Waals surface area contributed by atoms with Crippen molar-refractivity contribution in [1.82, 2.24) is 0 Å². The van der Waals surface area contributed by atoms with E-state index in [9.17, 15) is 14.9 Å². The summed E-state index contributed by atoms with van der Waals surface area (Å²) in [6, 6.07) is 19.8. The Morgan fingerprint density at radius 2 is 1.77 bits per heavy atom. The van der Waals surface area contributed by atoms with Gasteiger partial charge in [0.1, 0.15) is 0 Å². The van der Waals surface area contributed by atoms with Gasteiger partial charge in [-0.3, -0.25) is 19.9 Å². The Kier molecular flexibility index (Phi) is 5.20. The van der Waals surface area contributed by atoms with E-state index in [0.29, 0.717) is 27.4 Å².